The number of carbonyl (C=O) groups is 2. The highest BCUT2D eigenvalue weighted by molar-refractivity contribution is 7.10. The molecular formula is C25H26N2O3S. The fourth-order valence-corrected chi connectivity index (χ4v) is 4.56. The van der Waals surface area contributed by atoms with Crippen LogP contribution in [-0.4, -0.2) is 43.5 Å². The SMILES string of the molecule is COc1ccc(-c2ccc(C[C@H]3CN(C(=O)c4csc(C)c4)CCNC3=O)cc2)cc1. The summed E-state index contributed by atoms with van der Waals surface area (Å²) in [5, 5.41) is 4.86. The Bertz CT molecular complexity index is 1060. The minimum absolute atomic E-state index is 0.000652. The van der Waals surface area contributed by atoms with E-state index in [0.29, 0.717) is 31.6 Å². The zero-order chi connectivity index (χ0) is 21.8. The number of nitrogens with one attached hydrogen (secondary N) is 1. The number of amides is 2. The van der Waals surface area contributed by atoms with Crippen molar-refractivity contribution in [3.8, 4) is 16.9 Å². The molecule has 1 fully saturated rings. The predicted molar refractivity (Wildman–Crippen MR) is 124 cm³/mol. The van der Waals surface area contributed by atoms with E-state index >= 15 is 0 Å². The monoisotopic (exact) mass is 434 g/mol. The van der Waals surface area contributed by atoms with Gasteiger partial charge in [-0.3, -0.25) is 9.59 Å². The Hall–Kier alpha value is -3.12. The number of hydrogen-bond acceptors (Lipinski definition) is 4. The maximum atomic E-state index is 12.9. The third-order valence-corrected chi connectivity index (χ3v) is 6.48. The second-order valence-electron chi connectivity index (χ2n) is 7.81. The van der Waals surface area contributed by atoms with E-state index in [1.54, 1.807) is 23.3 Å². The van der Waals surface area contributed by atoms with Gasteiger partial charge in [0, 0.05) is 29.9 Å². The van der Waals surface area contributed by atoms with E-state index in [0.717, 1.165) is 27.3 Å². The maximum Gasteiger partial charge on any atom is 0.254 e. The van der Waals surface area contributed by atoms with Crippen LogP contribution in [0.3, 0.4) is 0 Å². The van der Waals surface area contributed by atoms with Gasteiger partial charge in [-0.15, -0.1) is 11.3 Å². The van der Waals surface area contributed by atoms with E-state index < -0.39 is 0 Å². The summed E-state index contributed by atoms with van der Waals surface area (Å²) in [6.07, 6.45) is 0.598. The second-order valence-corrected chi connectivity index (χ2v) is 8.93. The molecule has 0 bridgehead atoms. The molecule has 3 aromatic rings. The summed E-state index contributed by atoms with van der Waals surface area (Å²) in [4.78, 5) is 28.4. The van der Waals surface area contributed by atoms with Crippen molar-refractivity contribution in [2.45, 2.75) is 13.3 Å². The summed E-state index contributed by atoms with van der Waals surface area (Å²) in [6, 6.07) is 18.1. The first-order chi connectivity index (χ1) is 15.0. The Balaban J connectivity index is 1.46. The van der Waals surface area contributed by atoms with Gasteiger partial charge in [0.2, 0.25) is 5.91 Å². The molecule has 2 aromatic carbocycles. The van der Waals surface area contributed by atoms with Gasteiger partial charge >= 0.3 is 0 Å². The number of thiophene rings is 1. The van der Waals surface area contributed by atoms with Gasteiger partial charge in [0.25, 0.3) is 5.91 Å². The molecule has 1 aliphatic rings. The van der Waals surface area contributed by atoms with Crippen LogP contribution in [-0.2, 0) is 11.2 Å². The number of nitrogens with zero attached hydrogens (tertiary/aromatic N) is 1. The summed E-state index contributed by atoms with van der Waals surface area (Å²) in [5.74, 6) is 0.575. The first kappa shape index (κ1) is 21.1. The molecule has 0 aliphatic carbocycles. The molecule has 0 saturated carbocycles. The molecule has 1 saturated heterocycles. The van der Waals surface area contributed by atoms with Crippen molar-refractivity contribution in [3.05, 3.63) is 76.0 Å². The van der Waals surface area contributed by atoms with E-state index in [-0.39, 0.29) is 17.7 Å². The molecule has 2 amide bonds. The van der Waals surface area contributed by atoms with E-state index in [9.17, 15) is 9.59 Å². The average Bonchev–Trinajstić information content (AvgIpc) is 3.15. The van der Waals surface area contributed by atoms with Crippen LogP contribution >= 0.6 is 11.3 Å². The quantitative estimate of drug-likeness (QED) is 0.656. The molecule has 5 nitrogen and oxygen atoms in total. The van der Waals surface area contributed by atoms with E-state index in [1.807, 2.05) is 42.6 Å². The molecule has 0 radical (unpaired) electrons. The van der Waals surface area contributed by atoms with Crippen molar-refractivity contribution in [1.82, 2.24) is 10.2 Å². The highest BCUT2D eigenvalue weighted by atomic mass is 32.1. The lowest BCUT2D eigenvalue weighted by Gasteiger charge is -2.23. The lowest BCUT2D eigenvalue weighted by atomic mass is 9.96. The van der Waals surface area contributed by atoms with Crippen LogP contribution in [0, 0.1) is 12.8 Å². The maximum absolute atomic E-state index is 12.9. The van der Waals surface area contributed by atoms with Crippen LogP contribution in [0.5, 0.6) is 5.75 Å². The number of carbonyl (C=O) groups excluding carboxylic acids is 2. The molecule has 1 N–H and O–H groups in total. The minimum atomic E-state index is -0.266. The fraction of sp³-hybridized carbons (Fsp3) is 0.280. The molecular weight excluding hydrogens is 408 g/mol. The first-order valence-electron chi connectivity index (χ1n) is 10.4. The van der Waals surface area contributed by atoms with Crippen LogP contribution in [0.2, 0.25) is 0 Å². The van der Waals surface area contributed by atoms with Crippen molar-refractivity contribution in [2.75, 3.05) is 26.7 Å². The third kappa shape index (κ3) is 4.97. The van der Waals surface area contributed by atoms with Crippen LogP contribution in [0.15, 0.2) is 60.0 Å². The van der Waals surface area contributed by atoms with Crippen molar-refractivity contribution >= 4 is 23.2 Å². The minimum Gasteiger partial charge on any atom is -0.497 e. The first-order valence-corrected chi connectivity index (χ1v) is 11.3. The summed E-state index contributed by atoms with van der Waals surface area (Å²) in [5.41, 5.74) is 4.02. The van der Waals surface area contributed by atoms with Gasteiger partial charge in [-0.25, -0.2) is 0 Å². The smallest absolute Gasteiger partial charge is 0.254 e. The standard InChI is InChI=1S/C25H26N2O3S/c1-17-13-22(16-31-17)25(29)27-12-11-26-24(28)21(15-27)14-18-3-5-19(6-4-18)20-7-9-23(30-2)10-8-20/h3-10,13,16,21H,11-12,14-15H2,1-2H3,(H,26,28)/t21-/m0/s1. The van der Waals surface area contributed by atoms with Gasteiger partial charge in [-0.05, 0) is 48.2 Å². The molecule has 1 aromatic heterocycles. The van der Waals surface area contributed by atoms with Crippen molar-refractivity contribution in [1.29, 1.82) is 0 Å². The Labute approximate surface area is 186 Å². The summed E-state index contributed by atoms with van der Waals surface area (Å²) < 4.78 is 5.22. The number of benzene rings is 2. The molecule has 4 rings (SSSR count). The molecule has 6 heteroatoms. The van der Waals surface area contributed by atoms with Gasteiger partial charge in [0.1, 0.15) is 5.75 Å². The topological polar surface area (TPSA) is 58.6 Å². The lowest BCUT2D eigenvalue weighted by Crippen LogP contribution is -2.37. The fourth-order valence-electron chi connectivity index (χ4n) is 3.88. The molecule has 1 atom stereocenters. The van der Waals surface area contributed by atoms with Crippen LogP contribution in [0.1, 0.15) is 20.8 Å². The summed E-state index contributed by atoms with van der Waals surface area (Å²) >= 11 is 1.57. The van der Waals surface area contributed by atoms with Gasteiger partial charge in [0.05, 0.1) is 18.6 Å². The van der Waals surface area contributed by atoms with Crippen molar-refractivity contribution in [2.24, 2.45) is 5.92 Å². The predicted octanol–water partition coefficient (Wildman–Crippen LogP) is 4.16. The Kier molecular flexibility index (Phi) is 6.37. The number of methoxy groups -OCH3 is 1. The zero-order valence-corrected chi connectivity index (χ0v) is 18.6. The summed E-state index contributed by atoms with van der Waals surface area (Å²) in [7, 11) is 1.66. The Morgan fingerprint density at radius 1 is 1.13 bits per heavy atom. The largest absolute Gasteiger partial charge is 0.497 e. The second kappa shape index (κ2) is 9.35. The van der Waals surface area contributed by atoms with Crippen molar-refractivity contribution < 1.29 is 14.3 Å². The van der Waals surface area contributed by atoms with Gasteiger partial charge in [-0.2, -0.15) is 0 Å². The van der Waals surface area contributed by atoms with Crippen LogP contribution in [0.4, 0.5) is 0 Å². The number of aryl methyl sites for hydroxylation is 1. The molecule has 0 unspecified atom stereocenters. The van der Waals surface area contributed by atoms with E-state index in [4.69, 9.17) is 4.74 Å². The lowest BCUT2D eigenvalue weighted by molar-refractivity contribution is -0.124. The molecule has 1 aliphatic heterocycles. The molecule has 160 valence electrons. The van der Waals surface area contributed by atoms with E-state index in [2.05, 4.69) is 29.6 Å². The van der Waals surface area contributed by atoms with E-state index in [1.165, 1.54) is 0 Å². The van der Waals surface area contributed by atoms with Gasteiger partial charge in [-0.1, -0.05) is 36.4 Å². The number of rotatable bonds is 5. The third-order valence-electron chi connectivity index (χ3n) is 5.62. The summed E-state index contributed by atoms with van der Waals surface area (Å²) in [6.45, 7) is 3.44. The number of hydrogen-bond donors (Lipinski definition) is 1. The average molecular weight is 435 g/mol. The number of ether oxygens (including phenoxy) is 1. The van der Waals surface area contributed by atoms with Crippen LogP contribution < -0.4 is 10.1 Å². The van der Waals surface area contributed by atoms with Crippen LogP contribution in [0.25, 0.3) is 11.1 Å². The molecule has 0 spiro atoms. The Morgan fingerprint density at radius 3 is 2.42 bits per heavy atom. The normalized spacial score (nSPS) is 16.5. The zero-order valence-electron chi connectivity index (χ0n) is 17.8. The van der Waals surface area contributed by atoms with Crippen molar-refractivity contribution in [3.63, 3.8) is 0 Å². The van der Waals surface area contributed by atoms with Gasteiger partial charge < -0.3 is 15.0 Å². The highest BCUT2D eigenvalue weighted by Crippen LogP contribution is 2.24. The molecule has 2 heterocycles. The molecule has 31 heavy (non-hydrogen) atoms. The highest BCUT2D eigenvalue weighted by Gasteiger charge is 2.28. The van der Waals surface area contributed by atoms with Gasteiger partial charge in [0.15, 0.2) is 0 Å². The Morgan fingerprint density at radius 2 is 1.81 bits per heavy atom.